The molecule has 2 aromatic rings. The summed E-state index contributed by atoms with van der Waals surface area (Å²) in [5.74, 6) is -0.338. The van der Waals surface area contributed by atoms with Crippen molar-refractivity contribution in [1.82, 2.24) is 0 Å². The van der Waals surface area contributed by atoms with Gasteiger partial charge in [-0.3, -0.25) is 4.79 Å². The number of benzene rings is 2. The largest absolute Gasteiger partial charge is 0.462 e. The fraction of sp³-hybridized carbons (Fsp3) is 0.176. The summed E-state index contributed by atoms with van der Waals surface area (Å²) in [7, 11) is 0. The Kier molecular flexibility index (Phi) is 4.72. The van der Waals surface area contributed by atoms with Crippen molar-refractivity contribution in [1.29, 1.82) is 0 Å². The zero-order valence-electron chi connectivity index (χ0n) is 12.1. The van der Waals surface area contributed by atoms with E-state index in [2.05, 4.69) is 5.32 Å². The second kappa shape index (κ2) is 6.70. The number of rotatable bonds is 5. The molecule has 0 heterocycles. The van der Waals surface area contributed by atoms with Crippen LogP contribution in [0.15, 0.2) is 48.5 Å². The highest BCUT2D eigenvalue weighted by atomic mass is 16.5. The van der Waals surface area contributed by atoms with Gasteiger partial charge in [0.25, 0.3) is 0 Å². The Bertz CT molecular complexity index is 647. The molecule has 0 amide bonds. The van der Waals surface area contributed by atoms with Crippen molar-refractivity contribution >= 4 is 23.1 Å². The second-order valence-electron chi connectivity index (χ2n) is 4.52. The van der Waals surface area contributed by atoms with E-state index in [4.69, 9.17) is 4.74 Å². The lowest BCUT2D eigenvalue weighted by atomic mass is 10.1. The highest BCUT2D eigenvalue weighted by Gasteiger charge is 2.11. The van der Waals surface area contributed by atoms with E-state index in [1.54, 1.807) is 43.3 Å². The summed E-state index contributed by atoms with van der Waals surface area (Å²) in [4.78, 5) is 23.1. The zero-order chi connectivity index (χ0) is 15.2. The van der Waals surface area contributed by atoms with Crippen LogP contribution in [0.4, 0.5) is 11.4 Å². The second-order valence-corrected chi connectivity index (χ2v) is 4.52. The number of carbonyl (C=O) groups excluding carboxylic acids is 2. The molecule has 21 heavy (non-hydrogen) atoms. The highest BCUT2D eigenvalue weighted by Crippen LogP contribution is 2.22. The van der Waals surface area contributed by atoms with Crippen molar-refractivity contribution < 1.29 is 14.3 Å². The van der Waals surface area contributed by atoms with Crippen molar-refractivity contribution in [2.24, 2.45) is 0 Å². The van der Waals surface area contributed by atoms with Gasteiger partial charge >= 0.3 is 5.97 Å². The fourth-order valence-corrected chi connectivity index (χ4v) is 1.92. The monoisotopic (exact) mass is 283 g/mol. The van der Waals surface area contributed by atoms with Crippen molar-refractivity contribution in [3.05, 3.63) is 59.7 Å². The van der Waals surface area contributed by atoms with E-state index >= 15 is 0 Å². The van der Waals surface area contributed by atoms with Crippen LogP contribution in [0.25, 0.3) is 0 Å². The molecule has 4 nitrogen and oxygen atoms in total. The quantitative estimate of drug-likeness (QED) is 0.669. The lowest BCUT2D eigenvalue weighted by Crippen LogP contribution is -2.07. The number of para-hydroxylation sites is 1. The lowest BCUT2D eigenvalue weighted by molar-refractivity contribution is 0.0527. The molecule has 0 aliphatic rings. The third kappa shape index (κ3) is 3.69. The first-order chi connectivity index (χ1) is 10.1. The Morgan fingerprint density at radius 2 is 1.71 bits per heavy atom. The summed E-state index contributed by atoms with van der Waals surface area (Å²) < 4.78 is 5.03. The normalized spacial score (nSPS) is 10.0. The molecule has 4 heteroatoms. The third-order valence-corrected chi connectivity index (χ3v) is 2.99. The molecular formula is C17H17NO3. The maximum atomic E-state index is 11.9. The van der Waals surface area contributed by atoms with Gasteiger partial charge < -0.3 is 10.1 Å². The van der Waals surface area contributed by atoms with Gasteiger partial charge in [-0.25, -0.2) is 4.79 Å². The first-order valence-electron chi connectivity index (χ1n) is 6.76. The molecular weight excluding hydrogens is 266 g/mol. The zero-order valence-corrected chi connectivity index (χ0v) is 12.1. The van der Waals surface area contributed by atoms with E-state index in [0.29, 0.717) is 23.4 Å². The predicted molar refractivity (Wildman–Crippen MR) is 82.1 cm³/mol. The molecule has 0 spiro atoms. The molecule has 2 aromatic carbocycles. The summed E-state index contributed by atoms with van der Waals surface area (Å²) in [5, 5.41) is 3.17. The molecule has 0 saturated heterocycles. The van der Waals surface area contributed by atoms with Gasteiger partial charge in [-0.15, -0.1) is 0 Å². The number of carbonyl (C=O) groups is 2. The minimum atomic E-state index is -0.360. The first kappa shape index (κ1) is 14.8. The summed E-state index contributed by atoms with van der Waals surface area (Å²) in [6, 6.07) is 14.3. The molecule has 0 saturated carbocycles. The molecule has 0 aromatic heterocycles. The van der Waals surface area contributed by atoms with Crippen LogP contribution >= 0.6 is 0 Å². The molecule has 0 unspecified atom stereocenters. The van der Waals surface area contributed by atoms with Crippen LogP contribution < -0.4 is 5.32 Å². The van der Waals surface area contributed by atoms with Crippen molar-refractivity contribution in [2.75, 3.05) is 11.9 Å². The average molecular weight is 283 g/mol. The average Bonchev–Trinajstić information content (AvgIpc) is 2.48. The molecule has 0 bridgehead atoms. The molecule has 0 fully saturated rings. The SMILES string of the molecule is CCOC(=O)c1ccccc1Nc1ccc(C(C)=O)cc1. The summed E-state index contributed by atoms with van der Waals surface area (Å²) in [5.41, 5.74) is 2.61. The topological polar surface area (TPSA) is 55.4 Å². The van der Waals surface area contributed by atoms with Gasteiger partial charge in [0.15, 0.2) is 5.78 Å². The van der Waals surface area contributed by atoms with Crippen LogP contribution in [-0.4, -0.2) is 18.4 Å². The Hall–Kier alpha value is -2.62. The Morgan fingerprint density at radius 3 is 2.33 bits per heavy atom. The van der Waals surface area contributed by atoms with E-state index in [0.717, 1.165) is 5.69 Å². The maximum absolute atomic E-state index is 11.9. The van der Waals surface area contributed by atoms with Crippen molar-refractivity contribution in [3.63, 3.8) is 0 Å². The van der Waals surface area contributed by atoms with Crippen LogP contribution in [0.5, 0.6) is 0 Å². The van der Waals surface area contributed by atoms with Gasteiger partial charge in [0, 0.05) is 11.3 Å². The molecule has 0 radical (unpaired) electrons. The van der Waals surface area contributed by atoms with Crippen molar-refractivity contribution in [3.8, 4) is 0 Å². The fourth-order valence-electron chi connectivity index (χ4n) is 1.92. The van der Waals surface area contributed by atoms with Crippen LogP contribution in [0.2, 0.25) is 0 Å². The van der Waals surface area contributed by atoms with Gasteiger partial charge in [-0.1, -0.05) is 12.1 Å². The standard InChI is InChI=1S/C17H17NO3/c1-3-21-17(20)15-6-4-5-7-16(15)18-14-10-8-13(9-11-14)12(2)19/h4-11,18H,3H2,1-2H3. The number of ether oxygens (including phenoxy) is 1. The number of esters is 1. The van der Waals surface area contributed by atoms with E-state index in [1.807, 2.05) is 12.1 Å². The Labute approximate surface area is 123 Å². The van der Waals surface area contributed by atoms with E-state index in [9.17, 15) is 9.59 Å². The maximum Gasteiger partial charge on any atom is 0.340 e. The summed E-state index contributed by atoms with van der Waals surface area (Å²) >= 11 is 0. The van der Waals surface area contributed by atoms with E-state index in [-0.39, 0.29) is 11.8 Å². The molecule has 0 aliphatic heterocycles. The van der Waals surface area contributed by atoms with Crippen LogP contribution in [0.1, 0.15) is 34.6 Å². The molecule has 0 aliphatic carbocycles. The minimum absolute atomic E-state index is 0.0217. The smallest absolute Gasteiger partial charge is 0.340 e. The van der Waals surface area contributed by atoms with Gasteiger partial charge in [0.05, 0.1) is 17.9 Å². The number of ketones is 1. The number of nitrogens with one attached hydrogen (secondary N) is 1. The van der Waals surface area contributed by atoms with Crippen LogP contribution in [-0.2, 0) is 4.74 Å². The molecule has 0 atom stereocenters. The predicted octanol–water partition coefficient (Wildman–Crippen LogP) is 3.81. The molecule has 108 valence electrons. The summed E-state index contributed by atoms with van der Waals surface area (Å²) in [6.07, 6.45) is 0. The third-order valence-electron chi connectivity index (χ3n) is 2.99. The van der Waals surface area contributed by atoms with Gasteiger partial charge in [-0.05, 0) is 50.2 Å². The summed E-state index contributed by atoms with van der Waals surface area (Å²) in [6.45, 7) is 3.63. The van der Waals surface area contributed by atoms with E-state index < -0.39 is 0 Å². The Morgan fingerprint density at radius 1 is 1.05 bits per heavy atom. The van der Waals surface area contributed by atoms with Gasteiger partial charge in [0.2, 0.25) is 0 Å². The highest BCUT2D eigenvalue weighted by molar-refractivity contribution is 5.97. The first-order valence-corrected chi connectivity index (χ1v) is 6.76. The molecule has 1 N–H and O–H groups in total. The lowest BCUT2D eigenvalue weighted by Gasteiger charge is -2.11. The number of hydrogen-bond acceptors (Lipinski definition) is 4. The minimum Gasteiger partial charge on any atom is -0.462 e. The van der Waals surface area contributed by atoms with Crippen LogP contribution in [0, 0.1) is 0 Å². The number of hydrogen-bond donors (Lipinski definition) is 1. The van der Waals surface area contributed by atoms with Gasteiger partial charge in [0.1, 0.15) is 0 Å². The Balaban J connectivity index is 2.23. The van der Waals surface area contributed by atoms with Crippen molar-refractivity contribution in [2.45, 2.75) is 13.8 Å². The van der Waals surface area contributed by atoms with E-state index in [1.165, 1.54) is 6.92 Å². The number of Topliss-reactive ketones (excluding diaryl/α,β-unsaturated/α-hetero) is 1. The molecule has 2 rings (SSSR count). The van der Waals surface area contributed by atoms with Crippen LogP contribution in [0.3, 0.4) is 0 Å². The number of anilines is 2. The van der Waals surface area contributed by atoms with Gasteiger partial charge in [-0.2, -0.15) is 0 Å².